The Balaban J connectivity index is 1.98. The summed E-state index contributed by atoms with van der Waals surface area (Å²) in [6.07, 6.45) is 7.98. The van der Waals surface area contributed by atoms with Crippen LogP contribution in [0.1, 0.15) is 35.3 Å². The van der Waals surface area contributed by atoms with Crippen LogP contribution in [0.15, 0.2) is 30.9 Å². The Morgan fingerprint density at radius 1 is 1.50 bits per heavy atom. The summed E-state index contributed by atoms with van der Waals surface area (Å²) < 4.78 is 2.09. The molecule has 18 heavy (non-hydrogen) atoms. The molecule has 0 saturated heterocycles. The molecule has 2 aromatic rings. The van der Waals surface area contributed by atoms with E-state index in [-0.39, 0.29) is 6.04 Å². The van der Waals surface area contributed by atoms with E-state index < -0.39 is 0 Å². The summed E-state index contributed by atoms with van der Waals surface area (Å²) in [5, 5.41) is 3.43. The van der Waals surface area contributed by atoms with Gasteiger partial charge in [-0.05, 0) is 31.5 Å². The van der Waals surface area contributed by atoms with Gasteiger partial charge in [0, 0.05) is 31.1 Å². The lowest BCUT2D eigenvalue weighted by Crippen LogP contribution is -2.25. The first-order valence-corrected chi connectivity index (χ1v) is 6.38. The van der Waals surface area contributed by atoms with Crippen molar-refractivity contribution in [1.82, 2.24) is 19.9 Å². The molecular formula is C14H18N4. The lowest BCUT2D eigenvalue weighted by molar-refractivity contribution is 0.449. The van der Waals surface area contributed by atoms with Crippen molar-refractivity contribution < 1.29 is 0 Å². The Morgan fingerprint density at radius 2 is 2.39 bits per heavy atom. The smallest absolute Gasteiger partial charge is 0.0946 e. The zero-order valence-electron chi connectivity index (χ0n) is 10.8. The predicted molar refractivity (Wildman–Crippen MR) is 70.3 cm³/mol. The maximum atomic E-state index is 4.58. The number of rotatable bonds is 3. The molecule has 4 nitrogen and oxygen atoms in total. The monoisotopic (exact) mass is 242 g/mol. The summed E-state index contributed by atoms with van der Waals surface area (Å²) in [6.45, 7) is 0. The highest BCUT2D eigenvalue weighted by Crippen LogP contribution is 2.39. The van der Waals surface area contributed by atoms with Crippen molar-refractivity contribution in [2.24, 2.45) is 7.05 Å². The number of hydrogen-bond donors (Lipinski definition) is 1. The van der Waals surface area contributed by atoms with Gasteiger partial charge in [0.2, 0.25) is 0 Å². The minimum absolute atomic E-state index is 0.286. The highest BCUT2D eigenvalue weighted by Gasteiger charge is 2.32. The van der Waals surface area contributed by atoms with Crippen LogP contribution in [0.2, 0.25) is 0 Å². The molecule has 0 spiro atoms. The van der Waals surface area contributed by atoms with Crippen LogP contribution in [0, 0.1) is 0 Å². The summed E-state index contributed by atoms with van der Waals surface area (Å²) in [6, 6.07) is 4.51. The topological polar surface area (TPSA) is 42.7 Å². The zero-order chi connectivity index (χ0) is 12.5. The van der Waals surface area contributed by atoms with Crippen LogP contribution < -0.4 is 5.32 Å². The molecule has 0 fully saturated rings. The first kappa shape index (κ1) is 11.4. The average molecular weight is 242 g/mol. The quantitative estimate of drug-likeness (QED) is 0.892. The molecule has 0 aromatic carbocycles. The summed E-state index contributed by atoms with van der Waals surface area (Å²) >= 11 is 0. The molecule has 4 heteroatoms. The highest BCUT2D eigenvalue weighted by molar-refractivity contribution is 5.31. The molecule has 0 radical (unpaired) electrons. The number of fused-ring (bicyclic) bond motifs is 1. The van der Waals surface area contributed by atoms with Gasteiger partial charge in [-0.1, -0.05) is 6.07 Å². The largest absolute Gasteiger partial charge is 0.336 e. The summed E-state index contributed by atoms with van der Waals surface area (Å²) in [7, 11) is 4.06. The number of aromatic nitrogens is 3. The van der Waals surface area contributed by atoms with E-state index in [0.29, 0.717) is 5.92 Å². The molecule has 1 aliphatic carbocycles. The maximum absolute atomic E-state index is 4.58. The van der Waals surface area contributed by atoms with Crippen molar-refractivity contribution >= 4 is 0 Å². The van der Waals surface area contributed by atoms with Gasteiger partial charge in [-0.25, -0.2) is 4.98 Å². The van der Waals surface area contributed by atoms with E-state index in [1.54, 1.807) is 0 Å². The van der Waals surface area contributed by atoms with Crippen molar-refractivity contribution in [3.8, 4) is 0 Å². The van der Waals surface area contributed by atoms with Crippen molar-refractivity contribution in [3.05, 3.63) is 47.8 Å². The average Bonchev–Trinajstić information content (AvgIpc) is 2.99. The number of imidazole rings is 1. The molecule has 0 amide bonds. The van der Waals surface area contributed by atoms with E-state index in [4.69, 9.17) is 0 Å². The normalized spacial score (nSPS) is 19.8. The Labute approximate surface area is 107 Å². The van der Waals surface area contributed by atoms with Gasteiger partial charge in [0.25, 0.3) is 0 Å². The van der Waals surface area contributed by atoms with Crippen LogP contribution in [0.3, 0.4) is 0 Å². The van der Waals surface area contributed by atoms with Gasteiger partial charge >= 0.3 is 0 Å². The van der Waals surface area contributed by atoms with Gasteiger partial charge < -0.3 is 9.88 Å². The van der Waals surface area contributed by atoms with Crippen LogP contribution in [0.4, 0.5) is 0 Å². The second-order valence-electron chi connectivity index (χ2n) is 4.89. The third kappa shape index (κ3) is 1.73. The second kappa shape index (κ2) is 4.53. The Bertz CT molecular complexity index is 546. The maximum Gasteiger partial charge on any atom is 0.0946 e. The molecule has 2 heterocycles. The van der Waals surface area contributed by atoms with Gasteiger partial charge in [0.15, 0.2) is 0 Å². The number of nitrogens with zero attached hydrogens (tertiary/aromatic N) is 3. The number of nitrogens with one attached hydrogen (secondary N) is 1. The fraction of sp³-hybridized carbons (Fsp3) is 0.429. The Hall–Kier alpha value is -1.68. The first-order chi connectivity index (χ1) is 8.81. The molecule has 1 N–H and O–H groups in total. The van der Waals surface area contributed by atoms with Crippen LogP contribution in [-0.4, -0.2) is 21.6 Å². The van der Waals surface area contributed by atoms with Crippen LogP contribution >= 0.6 is 0 Å². The Kier molecular flexibility index (Phi) is 2.88. The van der Waals surface area contributed by atoms with Crippen LogP contribution in [-0.2, 0) is 13.5 Å². The first-order valence-electron chi connectivity index (χ1n) is 6.38. The van der Waals surface area contributed by atoms with Gasteiger partial charge in [0.05, 0.1) is 18.1 Å². The predicted octanol–water partition coefficient (Wildman–Crippen LogP) is 1.81. The summed E-state index contributed by atoms with van der Waals surface area (Å²) in [4.78, 5) is 8.80. The van der Waals surface area contributed by atoms with E-state index in [0.717, 1.165) is 12.8 Å². The third-order valence-corrected chi connectivity index (χ3v) is 3.89. The van der Waals surface area contributed by atoms with Gasteiger partial charge in [-0.15, -0.1) is 0 Å². The number of pyridine rings is 1. The van der Waals surface area contributed by atoms with Gasteiger partial charge in [0.1, 0.15) is 0 Å². The van der Waals surface area contributed by atoms with E-state index in [1.807, 2.05) is 38.9 Å². The number of likely N-dealkylation sites (N-methyl/N-ethyl adjacent to an activating group) is 1. The molecular weight excluding hydrogens is 224 g/mol. The molecule has 0 saturated carbocycles. The lowest BCUT2D eigenvalue weighted by atomic mass is 9.94. The number of aryl methyl sites for hydroxylation is 2. The van der Waals surface area contributed by atoms with Crippen molar-refractivity contribution in [3.63, 3.8) is 0 Å². The van der Waals surface area contributed by atoms with E-state index in [9.17, 15) is 0 Å². The van der Waals surface area contributed by atoms with E-state index >= 15 is 0 Å². The fourth-order valence-corrected chi connectivity index (χ4v) is 2.99. The zero-order valence-corrected chi connectivity index (χ0v) is 10.8. The molecule has 2 unspecified atom stereocenters. The van der Waals surface area contributed by atoms with Crippen LogP contribution in [0.5, 0.6) is 0 Å². The van der Waals surface area contributed by atoms with Crippen molar-refractivity contribution in [1.29, 1.82) is 0 Å². The van der Waals surface area contributed by atoms with Gasteiger partial charge in [-0.2, -0.15) is 0 Å². The van der Waals surface area contributed by atoms with E-state index in [2.05, 4.69) is 25.9 Å². The van der Waals surface area contributed by atoms with Crippen LogP contribution in [0.25, 0.3) is 0 Å². The fourth-order valence-electron chi connectivity index (χ4n) is 2.99. The van der Waals surface area contributed by atoms with E-state index in [1.165, 1.54) is 17.0 Å². The van der Waals surface area contributed by atoms with Gasteiger partial charge in [-0.3, -0.25) is 4.98 Å². The lowest BCUT2D eigenvalue weighted by Gasteiger charge is -2.23. The Morgan fingerprint density at radius 3 is 3.11 bits per heavy atom. The third-order valence-electron chi connectivity index (χ3n) is 3.89. The van der Waals surface area contributed by atoms with Crippen molar-refractivity contribution in [2.45, 2.75) is 24.8 Å². The SMILES string of the molecule is CNC(c1cncn1C)C1CCc2cccnc21. The minimum Gasteiger partial charge on any atom is -0.336 e. The molecule has 0 bridgehead atoms. The molecule has 1 aliphatic rings. The molecule has 2 atom stereocenters. The molecule has 3 rings (SSSR count). The molecule has 2 aromatic heterocycles. The molecule has 94 valence electrons. The van der Waals surface area contributed by atoms with Crippen molar-refractivity contribution in [2.75, 3.05) is 7.05 Å². The summed E-state index contributed by atoms with van der Waals surface area (Å²) in [5.41, 5.74) is 3.86. The molecule has 0 aliphatic heterocycles. The second-order valence-corrected chi connectivity index (χ2v) is 4.89. The standard InChI is InChI=1S/C14H18N4/c1-15-14(12-8-16-9-18(12)2)11-6-5-10-4-3-7-17-13(10)11/h3-4,7-9,11,14-15H,5-6H2,1-2H3. The number of hydrogen-bond acceptors (Lipinski definition) is 3. The minimum atomic E-state index is 0.286. The highest BCUT2D eigenvalue weighted by atomic mass is 15.1. The summed E-state index contributed by atoms with van der Waals surface area (Å²) in [5.74, 6) is 0.446.